The summed E-state index contributed by atoms with van der Waals surface area (Å²) >= 11 is 0. The number of nitrogens with one attached hydrogen (secondary N) is 1. The first-order valence-electron chi connectivity index (χ1n) is 5.32. The topological polar surface area (TPSA) is 55.6 Å². The van der Waals surface area contributed by atoms with Gasteiger partial charge in [-0.15, -0.1) is 0 Å². The van der Waals surface area contributed by atoms with E-state index in [9.17, 15) is 0 Å². The molecule has 0 fully saturated rings. The minimum Gasteiger partial charge on any atom is -0.308 e. The van der Waals surface area contributed by atoms with Crippen LogP contribution >= 0.6 is 0 Å². The Hall–Kier alpha value is -1.75. The molecule has 5 heteroatoms. The Labute approximate surface area is 94.5 Å². The fourth-order valence-electron chi connectivity index (χ4n) is 1.51. The van der Waals surface area contributed by atoms with Crippen LogP contribution in [0, 0.1) is 0 Å². The highest BCUT2D eigenvalue weighted by molar-refractivity contribution is 5.13. The molecule has 0 aromatic carbocycles. The summed E-state index contributed by atoms with van der Waals surface area (Å²) in [6.45, 7) is 3.83. The lowest BCUT2D eigenvalue weighted by Gasteiger charge is -2.13. The van der Waals surface area contributed by atoms with Crippen LogP contribution < -0.4 is 5.32 Å². The van der Waals surface area contributed by atoms with Crippen LogP contribution in [0.4, 0.5) is 0 Å². The van der Waals surface area contributed by atoms with Gasteiger partial charge in [0, 0.05) is 25.0 Å². The van der Waals surface area contributed by atoms with Gasteiger partial charge in [-0.25, -0.2) is 4.98 Å². The lowest BCUT2D eigenvalue weighted by Crippen LogP contribution is -2.23. The SMILES string of the molecule is CC(NCCn1cncn1)c1ccncc1. The Morgan fingerprint density at radius 1 is 1.31 bits per heavy atom. The molecule has 1 atom stereocenters. The third kappa shape index (κ3) is 2.87. The molecule has 2 heterocycles. The van der Waals surface area contributed by atoms with Crippen molar-refractivity contribution < 1.29 is 0 Å². The van der Waals surface area contributed by atoms with E-state index in [1.807, 2.05) is 29.2 Å². The highest BCUT2D eigenvalue weighted by atomic mass is 15.3. The Morgan fingerprint density at radius 3 is 2.81 bits per heavy atom. The molecular weight excluding hydrogens is 202 g/mol. The maximum Gasteiger partial charge on any atom is 0.137 e. The van der Waals surface area contributed by atoms with E-state index in [-0.39, 0.29) is 0 Å². The van der Waals surface area contributed by atoms with E-state index in [1.54, 1.807) is 12.7 Å². The number of aromatic nitrogens is 4. The average molecular weight is 217 g/mol. The zero-order valence-corrected chi connectivity index (χ0v) is 9.24. The molecular formula is C11H15N5. The van der Waals surface area contributed by atoms with E-state index in [1.165, 1.54) is 5.56 Å². The van der Waals surface area contributed by atoms with Gasteiger partial charge in [-0.1, -0.05) is 0 Å². The van der Waals surface area contributed by atoms with E-state index >= 15 is 0 Å². The molecule has 0 aliphatic carbocycles. The molecule has 2 aromatic rings. The summed E-state index contributed by atoms with van der Waals surface area (Å²) < 4.78 is 1.81. The van der Waals surface area contributed by atoms with Gasteiger partial charge in [-0.05, 0) is 24.6 Å². The Kier molecular flexibility index (Phi) is 3.61. The normalized spacial score (nSPS) is 12.6. The Bertz CT molecular complexity index is 398. The third-order valence-electron chi connectivity index (χ3n) is 2.46. The van der Waals surface area contributed by atoms with Gasteiger partial charge in [-0.3, -0.25) is 9.67 Å². The summed E-state index contributed by atoms with van der Waals surface area (Å²) in [6.07, 6.45) is 6.89. The summed E-state index contributed by atoms with van der Waals surface area (Å²) in [5.74, 6) is 0. The van der Waals surface area contributed by atoms with E-state index in [4.69, 9.17) is 0 Å². The molecule has 1 N–H and O–H groups in total. The zero-order valence-electron chi connectivity index (χ0n) is 9.24. The van der Waals surface area contributed by atoms with Crippen LogP contribution in [0.15, 0.2) is 37.2 Å². The van der Waals surface area contributed by atoms with Crippen LogP contribution in [-0.2, 0) is 6.54 Å². The third-order valence-corrected chi connectivity index (χ3v) is 2.46. The molecule has 0 aliphatic rings. The van der Waals surface area contributed by atoms with Crippen molar-refractivity contribution in [2.75, 3.05) is 6.54 Å². The number of hydrogen-bond donors (Lipinski definition) is 1. The van der Waals surface area contributed by atoms with E-state index in [2.05, 4.69) is 27.3 Å². The number of hydrogen-bond acceptors (Lipinski definition) is 4. The average Bonchev–Trinajstić information content (AvgIpc) is 2.83. The number of nitrogens with zero attached hydrogens (tertiary/aromatic N) is 4. The molecule has 0 saturated carbocycles. The van der Waals surface area contributed by atoms with Crippen LogP contribution in [0.1, 0.15) is 18.5 Å². The van der Waals surface area contributed by atoms with Crippen molar-refractivity contribution in [3.8, 4) is 0 Å². The fraction of sp³-hybridized carbons (Fsp3) is 0.364. The Morgan fingerprint density at radius 2 is 2.12 bits per heavy atom. The molecule has 16 heavy (non-hydrogen) atoms. The Balaban J connectivity index is 1.78. The van der Waals surface area contributed by atoms with Gasteiger partial charge < -0.3 is 5.32 Å². The van der Waals surface area contributed by atoms with Crippen LogP contribution in [0.5, 0.6) is 0 Å². The quantitative estimate of drug-likeness (QED) is 0.812. The maximum absolute atomic E-state index is 4.04. The van der Waals surface area contributed by atoms with E-state index in [0.29, 0.717) is 6.04 Å². The van der Waals surface area contributed by atoms with Gasteiger partial charge >= 0.3 is 0 Å². The molecule has 0 spiro atoms. The van der Waals surface area contributed by atoms with Crippen LogP contribution in [0.2, 0.25) is 0 Å². The molecule has 0 saturated heterocycles. The predicted octanol–water partition coefficient (Wildman–Crippen LogP) is 1.02. The standard InChI is InChI=1S/C11H15N5/c1-10(11-2-4-12-5-3-11)14-6-7-16-9-13-8-15-16/h2-5,8-10,14H,6-7H2,1H3. The first kappa shape index (κ1) is 10.8. The summed E-state index contributed by atoms with van der Waals surface area (Å²) in [5, 5.41) is 7.46. The van der Waals surface area contributed by atoms with Crippen LogP contribution in [0.25, 0.3) is 0 Å². The number of pyridine rings is 1. The minimum absolute atomic E-state index is 0.325. The summed E-state index contributed by atoms with van der Waals surface area (Å²) in [4.78, 5) is 7.89. The highest BCUT2D eigenvalue weighted by Gasteiger charge is 2.03. The first-order chi connectivity index (χ1) is 7.86. The summed E-state index contributed by atoms with van der Waals surface area (Å²) in [6, 6.07) is 4.37. The van der Waals surface area contributed by atoms with Crippen molar-refractivity contribution in [2.24, 2.45) is 0 Å². The van der Waals surface area contributed by atoms with Gasteiger partial charge in [-0.2, -0.15) is 5.10 Å². The molecule has 1 unspecified atom stereocenters. The van der Waals surface area contributed by atoms with Crippen molar-refractivity contribution >= 4 is 0 Å². The molecule has 5 nitrogen and oxygen atoms in total. The second-order valence-electron chi connectivity index (χ2n) is 3.61. The molecule has 0 radical (unpaired) electrons. The second-order valence-corrected chi connectivity index (χ2v) is 3.61. The summed E-state index contributed by atoms with van der Waals surface area (Å²) in [5.41, 5.74) is 1.24. The van der Waals surface area contributed by atoms with Gasteiger partial charge in [0.15, 0.2) is 0 Å². The van der Waals surface area contributed by atoms with Crippen LogP contribution in [0.3, 0.4) is 0 Å². The van der Waals surface area contributed by atoms with Crippen molar-refractivity contribution in [1.82, 2.24) is 25.1 Å². The monoisotopic (exact) mass is 217 g/mol. The largest absolute Gasteiger partial charge is 0.308 e. The molecule has 84 valence electrons. The van der Waals surface area contributed by atoms with Gasteiger partial charge in [0.2, 0.25) is 0 Å². The smallest absolute Gasteiger partial charge is 0.137 e. The lowest BCUT2D eigenvalue weighted by molar-refractivity contribution is 0.506. The van der Waals surface area contributed by atoms with Gasteiger partial charge in [0.25, 0.3) is 0 Å². The van der Waals surface area contributed by atoms with Crippen LogP contribution in [-0.4, -0.2) is 26.3 Å². The molecule has 2 aromatic heterocycles. The second kappa shape index (κ2) is 5.37. The molecule has 0 amide bonds. The predicted molar refractivity (Wildman–Crippen MR) is 60.7 cm³/mol. The number of rotatable bonds is 5. The van der Waals surface area contributed by atoms with E-state index < -0.39 is 0 Å². The van der Waals surface area contributed by atoms with Crippen molar-refractivity contribution in [3.05, 3.63) is 42.7 Å². The summed E-state index contributed by atoms with van der Waals surface area (Å²) in [7, 11) is 0. The van der Waals surface area contributed by atoms with Crippen molar-refractivity contribution in [1.29, 1.82) is 0 Å². The molecule has 0 aliphatic heterocycles. The van der Waals surface area contributed by atoms with E-state index in [0.717, 1.165) is 13.1 Å². The minimum atomic E-state index is 0.325. The fourth-order valence-corrected chi connectivity index (χ4v) is 1.51. The zero-order chi connectivity index (χ0) is 11.2. The molecule has 0 bridgehead atoms. The maximum atomic E-state index is 4.04. The van der Waals surface area contributed by atoms with Gasteiger partial charge in [0.05, 0.1) is 6.54 Å². The van der Waals surface area contributed by atoms with Gasteiger partial charge in [0.1, 0.15) is 12.7 Å². The highest BCUT2D eigenvalue weighted by Crippen LogP contribution is 2.09. The first-order valence-corrected chi connectivity index (χ1v) is 5.32. The molecule has 2 rings (SSSR count). The lowest BCUT2D eigenvalue weighted by atomic mass is 10.1. The van der Waals surface area contributed by atoms with Crippen molar-refractivity contribution in [3.63, 3.8) is 0 Å². The van der Waals surface area contributed by atoms with Crippen molar-refractivity contribution in [2.45, 2.75) is 19.5 Å².